The molecule has 0 unspecified atom stereocenters. The minimum absolute atomic E-state index is 0.151. The topological polar surface area (TPSA) is 32.7 Å². The lowest BCUT2D eigenvalue weighted by Crippen LogP contribution is -2.32. The van der Waals surface area contributed by atoms with Crippen LogP contribution in [0.25, 0.3) is 16.8 Å². The van der Waals surface area contributed by atoms with Gasteiger partial charge in [0.25, 0.3) is 5.91 Å². The fraction of sp³-hybridized carbons (Fsp3) is 0.0370. The van der Waals surface area contributed by atoms with Crippen LogP contribution in [0.15, 0.2) is 102 Å². The smallest absolute Gasteiger partial charge is 0.266 e. The Hall–Kier alpha value is -3.69. The molecule has 0 spiro atoms. The molecule has 1 aliphatic rings. The molecular formula is C27H19ClN2O. The molecule has 0 radical (unpaired) electrons. The molecule has 1 heterocycles. The van der Waals surface area contributed by atoms with E-state index in [0.29, 0.717) is 16.6 Å². The molecule has 0 saturated heterocycles. The lowest BCUT2D eigenvalue weighted by atomic mass is 10.0. The number of halogens is 1. The average molecular weight is 423 g/mol. The van der Waals surface area contributed by atoms with Crippen molar-refractivity contribution in [1.82, 2.24) is 0 Å². The van der Waals surface area contributed by atoms with Crippen molar-refractivity contribution >= 4 is 45.9 Å². The Bertz CT molecular complexity index is 1350. The second-order valence-electron chi connectivity index (χ2n) is 7.52. The summed E-state index contributed by atoms with van der Waals surface area (Å²) in [6.07, 6.45) is 1.87. The largest absolute Gasteiger partial charge is 0.282 e. The zero-order valence-electron chi connectivity index (χ0n) is 16.9. The Morgan fingerprint density at radius 3 is 2.32 bits per heavy atom. The highest BCUT2D eigenvalue weighted by molar-refractivity contribution is 6.34. The fourth-order valence-corrected chi connectivity index (χ4v) is 3.89. The van der Waals surface area contributed by atoms with Gasteiger partial charge < -0.3 is 0 Å². The molecule has 0 aromatic heterocycles. The van der Waals surface area contributed by atoms with Crippen molar-refractivity contribution in [3.63, 3.8) is 0 Å². The SMILES string of the molecule is Cc1ccc(N2C(=O)/C(=C\c3cccc4ccccc34)N=C2c2ccc(Cl)cc2)cc1. The van der Waals surface area contributed by atoms with E-state index in [1.807, 2.05) is 85.8 Å². The van der Waals surface area contributed by atoms with Crippen LogP contribution in [0.1, 0.15) is 16.7 Å². The van der Waals surface area contributed by atoms with Crippen LogP contribution in [-0.4, -0.2) is 11.7 Å². The third kappa shape index (κ3) is 3.65. The van der Waals surface area contributed by atoms with E-state index in [-0.39, 0.29) is 5.91 Å². The van der Waals surface area contributed by atoms with Crippen molar-refractivity contribution in [1.29, 1.82) is 0 Å². The molecule has 0 N–H and O–H groups in total. The van der Waals surface area contributed by atoms with Gasteiger partial charge in [0.2, 0.25) is 0 Å². The summed E-state index contributed by atoms with van der Waals surface area (Å²) >= 11 is 6.08. The van der Waals surface area contributed by atoms with Gasteiger partial charge in [0.05, 0.1) is 5.69 Å². The molecule has 4 aromatic carbocycles. The van der Waals surface area contributed by atoms with E-state index in [1.54, 1.807) is 4.90 Å². The van der Waals surface area contributed by atoms with Gasteiger partial charge in [0, 0.05) is 10.6 Å². The summed E-state index contributed by atoms with van der Waals surface area (Å²) in [4.78, 5) is 19.9. The van der Waals surface area contributed by atoms with Crippen LogP contribution in [0.5, 0.6) is 0 Å². The first-order chi connectivity index (χ1) is 15.1. The molecule has 0 bridgehead atoms. The Labute approximate surface area is 185 Å². The normalized spacial score (nSPS) is 15.0. The Morgan fingerprint density at radius 2 is 1.55 bits per heavy atom. The molecular weight excluding hydrogens is 404 g/mol. The van der Waals surface area contributed by atoms with Crippen molar-refractivity contribution in [3.05, 3.63) is 118 Å². The minimum Gasteiger partial charge on any atom is -0.266 e. The number of anilines is 1. The second kappa shape index (κ2) is 7.86. The number of hydrogen-bond acceptors (Lipinski definition) is 2. The van der Waals surface area contributed by atoms with Gasteiger partial charge in [-0.3, -0.25) is 9.69 Å². The van der Waals surface area contributed by atoms with Gasteiger partial charge in [0.1, 0.15) is 11.5 Å². The molecule has 150 valence electrons. The number of fused-ring (bicyclic) bond motifs is 1. The highest BCUT2D eigenvalue weighted by Gasteiger charge is 2.32. The molecule has 0 aliphatic carbocycles. The number of hydrogen-bond donors (Lipinski definition) is 0. The highest BCUT2D eigenvalue weighted by atomic mass is 35.5. The van der Waals surface area contributed by atoms with E-state index in [0.717, 1.165) is 33.2 Å². The zero-order valence-corrected chi connectivity index (χ0v) is 17.7. The molecule has 1 amide bonds. The Morgan fingerprint density at radius 1 is 0.839 bits per heavy atom. The summed E-state index contributed by atoms with van der Waals surface area (Å²) in [5, 5.41) is 2.85. The lowest BCUT2D eigenvalue weighted by Gasteiger charge is -2.18. The molecule has 3 nitrogen and oxygen atoms in total. The molecule has 1 aliphatic heterocycles. The molecule has 0 atom stereocenters. The van der Waals surface area contributed by atoms with Crippen LogP contribution in [0.3, 0.4) is 0 Å². The number of carbonyl (C=O) groups is 1. The maximum Gasteiger partial charge on any atom is 0.282 e. The van der Waals surface area contributed by atoms with Crippen molar-refractivity contribution in [2.75, 3.05) is 4.90 Å². The third-order valence-corrected chi connectivity index (χ3v) is 5.62. The summed E-state index contributed by atoms with van der Waals surface area (Å²) in [5.41, 5.74) is 4.12. The van der Waals surface area contributed by atoms with Crippen LogP contribution in [0.2, 0.25) is 5.02 Å². The fourth-order valence-electron chi connectivity index (χ4n) is 3.77. The lowest BCUT2D eigenvalue weighted by molar-refractivity contribution is -0.113. The van der Waals surface area contributed by atoms with Crippen LogP contribution >= 0.6 is 11.6 Å². The summed E-state index contributed by atoms with van der Waals surface area (Å²) in [6, 6.07) is 29.5. The third-order valence-electron chi connectivity index (χ3n) is 5.37. The predicted octanol–water partition coefficient (Wildman–Crippen LogP) is 6.64. The molecule has 0 fully saturated rings. The van der Waals surface area contributed by atoms with Crippen molar-refractivity contribution in [3.8, 4) is 0 Å². The quantitative estimate of drug-likeness (QED) is 0.341. The number of nitrogens with zero attached hydrogens (tertiary/aromatic N) is 2. The van der Waals surface area contributed by atoms with E-state index in [2.05, 4.69) is 18.2 Å². The second-order valence-corrected chi connectivity index (χ2v) is 7.95. The number of amides is 1. The van der Waals surface area contributed by atoms with Crippen molar-refractivity contribution in [2.45, 2.75) is 6.92 Å². The highest BCUT2D eigenvalue weighted by Crippen LogP contribution is 2.30. The number of carbonyl (C=O) groups excluding carboxylic acids is 1. The molecule has 5 rings (SSSR count). The van der Waals surface area contributed by atoms with Crippen LogP contribution in [-0.2, 0) is 4.79 Å². The summed E-state index contributed by atoms with van der Waals surface area (Å²) < 4.78 is 0. The van der Waals surface area contributed by atoms with E-state index in [4.69, 9.17) is 16.6 Å². The first-order valence-corrected chi connectivity index (χ1v) is 10.4. The average Bonchev–Trinajstić information content (AvgIpc) is 3.11. The molecule has 0 saturated carbocycles. The van der Waals surface area contributed by atoms with Gasteiger partial charge in [-0.1, -0.05) is 71.8 Å². The van der Waals surface area contributed by atoms with Gasteiger partial charge in [-0.15, -0.1) is 0 Å². The maximum atomic E-state index is 13.5. The zero-order chi connectivity index (χ0) is 21.4. The van der Waals surface area contributed by atoms with Crippen molar-refractivity contribution < 1.29 is 4.79 Å². The van der Waals surface area contributed by atoms with Crippen LogP contribution < -0.4 is 4.90 Å². The molecule has 4 heteroatoms. The van der Waals surface area contributed by atoms with Crippen LogP contribution in [0.4, 0.5) is 5.69 Å². The predicted molar refractivity (Wildman–Crippen MR) is 129 cm³/mol. The standard InChI is InChI=1S/C27H19ClN2O/c1-18-9-15-23(16-10-18)30-26(20-11-13-22(28)14-12-20)29-25(27(30)31)17-21-7-4-6-19-5-2-3-8-24(19)21/h2-17H,1H3/b25-17+. The van der Waals surface area contributed by atoms with Gasteiger partial charge in [-0.2, -0.15) is 0 Å². The monoisotopic (exact) mass is 422 g/mol. The van der Waals surface area contributed by atoms with Crippen LogP contribution in [0, 0.1) is 6.92 Å². The number of amidine groups is 1. The number of aryl methyl sites for hydroxylation is 1. The first kappa shape index (κ1) is 19.3. The first-order valence-electron chi connectivity index (χ1n) is 10.1. The van der Waals surface area contributed by atoms with Gasteiger partial charge in [0.15, 0.2) is 0 Å². The van der Waals surface area contributed by atoms with E-state index >= 15 is 0 Å². The van der Waals surface area contributed by atoms with Crippen molar-refractivity contribution in [2.24, 2.45) is 4.99 Å². The Balaban J connectivity index is 1.66. The summed E-state index contributed by atoms with van der Waals surface area (Å²) in [7, 11) is 0. The van der Waals surface area contributed by atoms with Gasteiger partial charge in [-0.05, 0) is 65.7 Å². The van der Waals surface area contributed by atoms with E-state index < -0.39 is 0 Å². The van der Waals surface area contributed by atoms with E-state index in [9.17, 15) is 4.79 Å². The summed E-state index contributed by atoms with van der Waals surface area (Å²) in [5.74, 6) is 0.443. The maximum absolute atomic E-state index is 13.5. The molecule has 31 heavy (non-hydrogen) atoms. The summed E-state index contributed by atoms with van der Waals surface area (Å²) in [6.45, 7) is 2.02. The van der Waals surface area contributed by atoms with Gasteiger partial charge in [-0.25, -0.2) is 4.99 Å². The number of rotatable bonds is 3. The van der Waals surface area contributed by atoms with Gasteiger partial charge >= 0.3 is 0 Å². The number of aliphatic imine (C=N–C) groups is 1. The minimum atomic E-state index is -0.151. The Kier molecular flexibility index (Phi) is 4.89. The molecule has 4 aromatic rings. The van der Waals surface area contributed by atoms with E-state index in [1.165, 1.54) is 0 Å². The number of benzene rings is 4.